The first-order valence-electron chi connectivity index (χ1n) is 6.38. The Morgan fingerprint density at radius 3 is 2.48 bits per heavy atom. The van der Waals surface area contributed by atoms with E-state index < -0.39 is 0 Å². The van der Waals surface area contributed by atoms with Crippen molar-refractivity contribution in [1.82, 2.24) is 0 Å². The number of methoxy groups -OCH3 is 2. The van der Waals surface area contributed by atoms with Gasteiger partial charge >= 0.3 is 0 Å². The van der Waals surface area contributed by atoms with Gasteiger partial charge in [-0.1, -0.05) is 12.1 Å². The normalized spacial score (nSPS) is 10.0. The number of Topliss-reactive ketones (excluding diaryl/α,β-unsaturated/α-hetero) is 1. The number of ether oxygens (including phenoxy) is 3. The molecule has 0 fully saturated rings. The molecule has 0 heterocycles. The van der Waals surface area contributed by atoms with Crippen molar-refractivity contribution in [2.75, 3.05) is 26.6 Å². The zero-order chi connectivity index (χ0) is 15.2. The van der Waals surface area contributed by atoms with Crippen LogP contribution in [0.2, 0.25) is 0 Å². The number of hydrogen-bond donors (Lipinski definition) is 1. The summed E-state index contributed by atoms with van der Waals surface area (Å²) < 4.78 is 15.7. The minimum Gasteiger partial charge on any atom is -0.497 e. The van der Waals surface area contributed by atoms with Gasteiger partial charge in [0.05, 0.1) is 25.5 Å². The molecule has 0 unspecified atom stereocenters. The molecule has 0 aliphatic carbocycles. The molecule has 0 saturated heterocycles. The number of benzene rings is 2. The summed E-state index contributed by atoms with van der Waals surface area (Å²) in [6.45, 7) is -0.114. The van der Waals surface area contributed by atoms with E-state index in [-0.39, 0.29) is 12.4 Å². The smallest absolute Gasteiger partial charge is 0.203 e. The van der Waals surface area contributed by atoms with Crippen molar-refractivity contribution in [2.45, 2.75) is 0 Å². The van der Waals surface area contributed by atoms with Crippen LogP contribution < -0.4 is 19.9 Å². The van der Waals surface area contributed by atoms with Crippen LogP contribution in [0.15, 0.2) is 42.5 Å². The van der Waals surface area contributed by atoms with E-state index in [0.717, 1.165) is 0 Å². The van der Waals surface area contributed by atoms with Crippen LogP contribution in [-0.4, -0.2) is 26.6 Å². The van der Waals surface area contributed by atoms with Crippen LogP contribution in [0.4, 0.5) is 5.69 Å². The average Bonchev–Trinajstić information content (AvgIpc) is 2.53. The summed E-state index contributed by atoms with van der Waals surface area (Å²) in [5.74, 6) is 1.36. The van der Waals surface area contributed by atoms with Crippen LogP contribution in [-0.2, 0) is 0 Å². The molecule has 2 rings (SSSR count). The molecule has 0 atom stereocenters. The number of nitrogens with two attached hydrogens (primary N) is 1. The van der Waals surface area contributed by atoms with E-state index in [1.165, 1.54) is 7.11 Å². The van der Waals surface area contributed by atoms with Crippen molar-refractivity contribution in [1.29, 1.82) is 0 Å². The fourth-order valence-electron chi connectivity index (χ4n) is 1.86. The fraction of sp³-hybridized carbons (Fsp3) is 0.188. The summed E-state index contributed by atoms with van der Waals surface area (Å²) in [5, 5.41) is 0. The number of rotatable bonds is 6. The highest BCUT2D eigenvalue weighted by Crippen LogP contribution is 2.26. The van der Waals surface area contributed by atoms with Crippen LogP contribution in [0.25, 0.3) is 0 Å². The highest BCUT2D eigenvalue weighted by atomic mass is 16.5. The van der Waals surface area contributed by atoms with Gasteiger partial charge < -0.3 is 19.9 Å². The van der Waals surface area contributed by atoms with E-state index in [1.54, 1.807) is 49.6 Å². The van der Waals surface area contributed by atoms with Crippen molar-refractivity contribution >= 4 is 11.5 Å². The third-order valence-corrected chi connectivity index (χ3v) is 2.99. The Morgan fingerprint density at radius 1 is 1.05 bits per heavy atom. The molecule has 21 heavy (non-hydrogen) atoms. The molecular formula is C16H17NO4. The molecule has 5 nitrogen and oxygen atoms in total. The third kappa shape index (κ3) is 3.45. The molecule has 110 valence electrons. The zero-order valence-electron chi connectivity index (χ0n) is 12.0. The summed E-state index contributed by atoms with van der Waals surface area (Å²) in [5.41, 5.74) is 6.69. The third-order valence-electron chi connectivity index (χ3n) is 2.99. The highest BCUT2D eigenvalue weighted by molar-refractivity contribution is 6.00. The Hall–Kier alpha value is -2.69. The fourth-order valence-corrected chi connectivity index (χ4v) is 1.86. The number of carbonyl (C=O) groups excluding carboxylic acids is 1. The number of hydrogen-bond acceptors (Lipinski definition) is 5. The standard InChI is InChI=1S/C16H17NO4/c1-19-11-7-8-12(16(9-11)20-2)14(18)10-21-15-6-4-3-5-13(15)17/h3-9H,10,17H2,1-2H3. The molecular weight excluding hydrogens is 270 g/mol. The van der Waals surface area contributed by atoms with Gasteiger partial charge in [-0.05, 0) is 24.3 Å². The molecule has 0 aliphatic heterocycles. The summed E-state index contributed by atoms with van der Waals surface area (Å²) in [7, 11) is 3.05. The van der Waals surface area contributed by atoms with Crippen molar-refractivity contribution in [3.05, 3.63) is 48.0 Å². The summed E-state index contributed by atoms with van der Waals surface area (Å²) >= 11 is 0. The number of nitrogen functional groups attached to an aromatic ring is 1. The van der Waals surface area contributed by atoms with Crippen molar-refractivity contribution in [3.63, 3.8) is 0 Å². The predicted molar refractivity (Wildman–Crippen MR) is 80.2 cm³/mol. The molecule has 5 heteroatoms. The summed E-state index contributed by atoms with van der Waals surface area (Å²) in [6, 6.07) is 12.0. The van der Waals surface area contributed by atoms with E-state index >= 15 is 0 Å². The molecule has 0 aromatic heterocycles. The molecule has 2 aromatic rings. The molecule has 0 radical (unpaired) electrons. The van der Waals surface area contributed by atoms with Gasteiger partial charge in [0.25, 0.3) is 0 Å². The van der Waals surface area contributed by atoms with Crippen molar-refractivity contribution < 1.29 is 19.0 Å². The van der Waals surface area contributed by atoms with Gasteiger partial charge in [0.1, 0.15) is 17.2 Å². The predicted octanol–water partition coefficient (Wildman–Crippen LogP) is 2.55. The molecule has 2 N–H and O–H groups in total. The Labute approximate surface area is 123 Å². The van der Waals surface area contributed by atoms with Crippen LogP contribution in [0, 0.1) is 0 Å². The Balaban J connectivity index is 2.12. The van der Waals surface area contributed by atoms with Crippen molar-refractivity contribution in [2.24, 2.45) is 0 Å². The molecule has 2 aromatic carbocycles. The number of anilines is 1. The molecule has 0 aliphatic rings. The Kier molecular flexibility index (Phi) is 4.66. The summed E-state index contributed by atoms with van der Waals surface area (Å²) in [6.07, 6.45) is 0. The monoisotopic (exact) mass is 287 g/mol. The van der Waals surface area contributed by atoms with Gasteiger partial charge in [-0.2, -0.15) is 0 Å². The van der Waals surface area contributed by atoms with Crippen molar-refractivity contribution in [3.8, 4) is 17.2 Å². The van der Waals surface area contributed by atoms with Gasteiger partial charge in [0, 0.05) is 6.07 Å². The van der Waals surface area contributed by atoms with Gasteiger partial charge in [0.15, 0.2) is 6.61 Å². The largest absolute Gasteiger partial charge is 0.497 e. The molecule has 0 amide bonds. The Morgan fingerprint density at radius 2 is 1.81 bits per heavy atom. The van der Waals surface area contributed by atoms with Gasteiger partial charge in [-0.25, -0.2) is 0 Å². The maximum atomic E-state index is 12.2. The van der Waals surface area contributed by atoms with Crippen LogP contribution in [0.5, 0.6) is 17.2 Å². The van der Waals surface area contributed by atoms with Crippen LogP contribution in [0.3, 0.4) is 0 Å². The SMILES string of the molecule is COc1ccc(C(=O)COc2ccccc2N)c(OC)c1. The maximum absolute atomic E-state index is 12.2. The maximum Gasteiger partial charge on any atom is 0.203 e. The van der Waals surface area contributed by atoms with Crippen LogP contribution in [0.1, 0.15) is 10.4 Å². The lowest BCUT2D eigenvalue weighted by molar-refractivity contribution is 0.0919. The number of carbonyl (C=O) groups is 1. The first-order valence-corrected chi connectivity index (χ1v) is 6.38. The summed E-state index contributed by atoms with van der Waals surface area (Å²) in [4.78, 5) is 12.2. The Bertz CT molecular complexity index is 640. The second-order valence-electron chi connectivity index (χ2n) is 4.32. The topological polar surface area (TPSA) is 70.8 Å². The van der Waals surface area contributed by atoms with E-state index in [1.807, 2.05) is 0 Å². The van der Waals surface area contributed by atoms with E-state index in [4.69, 9.17) is 19.9 Å². The minimum absolute atomic E-state index is 0.114. The van der Waals surface area contributed by atoms with E-state index in [0.29, 0.717) is 28.5 Å². The second kappa shape index (κ2) is 6.65. The molecule has 0 bridgehead atoms. The minimum atomic E-state index is -0.197. The quantitative estimate of drug-likeness (QED) is 0.653. The first kappa shape index (κ1) is 14.7. The van der Waals surface area contributed by atoms with Gasteiger partial charge in [-0.15, -0.1) is 0 Å². The second-order valence-corrected chi connectivity index (χ2v) is 4.32. The van der Waals surface area contributed by atoms with E-state index in [2.05, 4.69) is 0 Å². The van der Waals surface area contributed by atoms with Gasteiger partial charge in [0.2, 0.25) is 5.78 Å². The zero-order valence-corrected chi connectivity index (χ0v) is 12.0. The molecule has 0 spiro atoms. The lowest BCUT2D eigenvalue weighted by Gasteiger charge is -2.11. The van der Waals surface area contributed by atoms with Crippen LogP contribution >= 0.6 is 0 Å². The average molecular weight is 287 g/mol. The lowest BCUT2D eigenvalue weighted by Crippen LogP contribution is -2.13. The lowest BCUT2D eigenvalue weighted by atomic mass is 10.1. The number of ketones is 1. The highest BCUT2D eigenvalue weighted by Gasteiger charge is 2.14. The molecule has 0 saturated carbocycles. The van der Waals surface area contributed by atoms with E-state index in [9.17, 15) is 4.79 Å². The van der Waals surface area contributed by atoms with Gasteiger partial charge in [-0.3, -0.25) is 4.79 Å². The number of para-hydroxylation sites is 2. The first-order chi connectivity index (χ1) is 10.2.